The molecule has 1 rings (SSSR count). The van der Waals surface area contributed by atoms with Crippen molar-refractivity contribution in [2.45, 2.75) is 38.9 Å². The highest BCUT2D eigenvalue weighted by Gasteiger charge is 2.36. The molecule has 0 atom stereocenters. The predicted octanol–water partition coefficient (Wildman–Crippen LogP) is 4.09. The third-order valence-electron chi connectivity index (χ3n) is 3.99. The van der Waals surface area contributed by atoms with Gasteiger partial charge in [0.1, 0.15) is 12.4 Å². The van der Waals surface area contributed by atoms with Crippen LogP contribution in [0.2, 0.25) is 18.1 Å². The van der Waals surface area contributed by atoms with Crippen molar-refractivity contribution >= 4 is 8.32 Å². The van der Waals surface area contributed by atoms with Gasteiger partial charge < -0.3 is 13.9 Å². The Balaban J connectivity index is 2.15. The van der Waals surface area contributed by atoms with Crippen LogP contribution in [-0.4, -0.2) is 34.7 Å². The highest BCUT2D eigenvalue weighted by atomic mass is 28.4. The summed E-state index contributed by atoms with van der Waals surface area (Å²) in [6.45, 7) is 13.5. The van der Waals surface area contributed by atoms with Crippen LogP contribution in [0, 0.1) is 12.3 Å². The minimum absolute atomic E-state index is 0.234. The monoisotopic (exact) mass is 320 g/mol. The zero-order valence-electron chi connectivity index (χ0n) is 14.4. The molecule has 0 saturated carbocycles. The first-order valence-electron chi connectivity index (χ1n) is 7.67. The average molecular weight is 321 g/mol. The van der Waals surface area contributed by atoms with Crippen LogP contribution in [0.1, 0.15) is 26.3 Å². The molecule has 4 heteroatoms. The minimum atomic E-state index is -1.67. The number of hydrogen-bond donors (Lipinski definition) is 0. The molecule has 0 unspecified atom stereocenters. The summed E-state index contributed by atoms with van der Waals surface area (Å²) >= 11 is 0. The zero-order chi connectivity index (χ0) is 16.6. The Labute approximate surface area is 136 Å². The molecule has 3 nitrogen and oxygen atoms in total. The maximum atomic E-state index is 6.04. The average Bonchev–Trinajstić information content (AvgIpc) is 2.45. The first-order chi connectivity index (χ1) is 10.3. The topological polar surface area (TPSA) is 27.7 Å². The fourth-order valence-corrected chi connectivity index (χ4v) is 2.60. The van der Waals surface area contributed by atoms with Gasteiger partial charge >= 0.3 is 0 Å². The molecule has 122 valence electrons. The van der Waals surface area contributed by atoms with E-state index in [2.05, 4.69) is 39.8 Å². The van der Waals surface area contributed by atoms with Crippen LogP contribution in [0.25, 0.3) is 0 Å². The van der Waals surface area contributed by atoms with Crippen molar-refractivity contribution in [1.82, 2.24) is 0 Å². The van der Waals surface area contributed by atoms with Gasteiger partial charge in [0.05, 0.1) is 19.8 Å². The second kappa shape index (κ2) is 8.38. The number of benzene rings is 1. The van der Waals surface area contributed by atoms with Crippen molar-refractivity contribution in [3.05, 3.63) is 29.8 Å². The molecular formula is C18H28O3Si. The molecule has 1 aromatic carbocycles. The van der Waals surface area contributed by atoms with Crippen molar-refractivity contribution in [2.24, 2.45) is 0 Å². The molecule has 0 aliphatic heterocycles. The molecular weight excluding hydrogens is 292 g/mol. The van der Waals surface area contributed by atoms with E-state index in [4.69, 9.17) is 20.3 Å². The van der Waals surface area contributed by atoms with Crippen LogP contribution in [0.5, 0.6) is 5.75 Å². The summed E-state index contributed by atoms with van der Waals surface area (Å²) in [4.78, 5) is 0. The third-order valence-corrected chi connectivity index (χ3v) is 8.53. The van der Waals surface area contributed by atoms with E-state index in [1.54, 1.807) is 0 Å². The van der Waals surface area contributed by atoms with Crippen LogP contribution in [0.15, 0.2) is 24.3 Å². The number of ether oxygens (including phenoxy) is 2. The highest BCUT2D eigenvalue weighted by molar-refractivity contribution is 6.74. The summed E-state index contributed by atoms with van der Waals surface area (Å²) in [7, 11) is -1.67. The summed E-state index contributed by atoms with van der Waals surface area (Å²) in [6, 6.07) is 7.50. The van der Waals surface area contributed by atoms with E-state index in [1.807, 2.05) is 24.3 Å². The molecule has 22 heavy (non-hydrogen) atoms. The molecule has 1 aromatic rings. The maximum Gasteiger partial charge on any atom is 0.192 e. The fourth-order valence-electron chi connectivity index (χ4n) is 1.57. The molecule has 0 spiro atoms. The Morgan fingerprint density at radius 3 is 2.41 bits per heavy atom. The quantitative estimate of drug-likeness (QED) is 0.410. The summed E-state index contributed by atoms with van der Waals surface area (Å²) < 4.78 is 17.2. The SMILES string of the molecule is C#Cc1cccc(OCCOCCO[Si](C)(C)C(C)(C)C)c1. The van der Waals surface area contributed by atoms with Crippen LogP contribution in [0.4, 0.5) is 0 Å². The second-order valence-electron chi connectivity index (χ2n) is 6.74. The van der Waals surface area contributed by atoms with Crippen molar-refractivity contribution < 1.29 is 13.9 Å². The lowest BCUT2D eigenvalue weighted by molar-refractivity contribution is 0.0730. The Kier molecular flexibility index (Phi) is 7.14. The van der Waals surface area contributed by atoms with E-state index in [9.17, 15) is 0 Å². The smallest absolute Gasteiger partial charge is 0.192 e. The molecule has 0 aliphatic rings. The Hall–Kier alpha value is -1.28. The predicted molar refractivity (Wildman–Crippen MR) is 93.8 cm³/mol. The van der Waals surface area contributed by atoms with Crippen molar-refractivity contribution in [3.63, 3.8) is 0 Å². The number of terminal acetylenes is 1. The molecule has 0 N–H and O–H groups in total. The first kappa shape index (κ1) is 18.8. The van der Waals surface area contributed by atoms with Gasteiger partial charge in [-0.1, -0.05) is 32.8 Å². The van der Waals surface area contributed by atoms with Crippen LogP contribution in [-0.2, 0) is 9.16 Å². The van der Waals surface area contributed by atoms with Gasteiger partial charge in [0, 0.05) is 5.56 Å². The highest BCUT2D eigenvalue weighted by Crippen LogP contribution is 2.36. The van der Waals surface area contributed by atoms with E-state index in [1.165, 1.54) is 0 Å². The lowest BCUT2D eigenvalue weighted by Crippen LogP contribution is -2.41. The Bertz CT molecular complexity index is 498. The molecule has 0 aliphatic carbocycles. The molecule has 0 radical (unpaired) electrons. The van der Waals surface area contributed by atoms with Crippen LogP contribution in [0.3, 0.4) is 0 Å². The van der Waals surface area contributed by atoms with Gasteiger partial charge in [-0.05, 0) is 36.3 Å². The van der Waals surface area contributed by atoms with Gasteiger partial charge in [-0.3, -0.25) is 0 Å². The second-order valence-corrected chi connectivity index (χ2v) is 11.6. The van der Waals surface area contributed by atoms with Crippen molar-refractivity contribution in [3.8, 4) is 18.1 Å². The largest absolute Gasteiger partial charge is 0.491 e. The van der Waals surface area contributed by atoms with Crippen molar-refractivity contribution in [2.75, 3.05) is 26.4 Å². The molecule has 0 fully saturated rings. The summed E-state index contributed by atoms with van der Waals surface area (Å²) in [5.74, 6) is 3.36. The normalized spacial score (nSPS) is 12.0. The fraction of sp³-hybridized carbons (Fsp3) is 0.556. The van der Waals surface area contributed by atoms with E-state index >= 15 is 0 Å². The van der Waals surface area contributed by atoms with Gasteiger partial charge in [-0.25, -0.2) is 0 Å². The van der Waals surface area contributed by atoms with E-state index in [0.29, 0.717) is 26.4 Å². The molecule has 0 saturated heterocycles. The van der Waals surface area contributed by atoms with Crippen LogP contribution < -0.4 is 4.74 Å². The lowest BCUT2D eigenvalue weighted by atomic mass is 10.2. The summed E-state index contributed by atoms with van der Waals surface area (Å²) in [5, 5.41) is 0.234. The van der Waals surface area contributed by atoms with Gasteiger partial charge in [0.25, 0.3) is 0 Å². The minimum Gasteiger partial charge on any atom is -0.491 e. The molecule has 0 aromatic heterocycles. The molecule has 0 bridgehead atoms. The van der Waals surface area contributed by atoms with Gasteiger partial charge in [0.15, 0.2) is 8.32 Å². The first-order valence-corrected chi connectivity index (χ1v) is 10.6. The number of rotatable bonds is 8. The standard InChI is InChI=1S/C18H28O3Si/c1-7-16-9-8-10-17(15-16)20-13-11-19-12-14-21-22(5,6)18(2,3)4/h1,8-10,15H,11-14H2,2-6H3. The van der Waals surface area contributed by atoms with Gasteiger partial charge in [-0.15, -0.1) is 6.42 Å². The van der Waals surface area contributed by atoms with E-state index < -0.39 is 8.32 Å². The van der Waals surface area contributed by atoms with Crippen LogP contribution >= 0.6 is 0 Å². The van der Waals surface area contributed by atoms with E-state index in [-0.39, 0.29) is 5.04 Å². The Morgan fingerprint density at radius 1 is 1.09 bits per heavy atom. The maximum absolute atomic E-state index is 6.04. The van der Waals surface area contributed by atoms with E-state index in [0.717, 1.165) is 11.3 Å². The van der Waals surface area contributed by atoms with Crippen molar-refractivity contribution in [1.29, 1.82) is 0 Å². The van der Waals surface area contributed by atoms with Gasteiger partial charge in [-0.2, -0.15) is 0 Å². The molecule has 0 heterocycles. The lowest BCUT2D eigenvalue weighted by Gasteiger charge is -2.36. The summed E-state index contributed by atoms with van der Waals surface area (Å²) in [5.41, 5.74) is 0.821. The Morgan fingerprint density at radius 2 is 1.77 bits per heavy atom. The number of hydrogen-bond acceptors (Lipinski definition) is 3. The van der Waals surface area contributed by atoms with Gasteiger partial charge in [0.2, 0.25) is 0 Å². The third kappa shape index (κ3) is 6.23. The summed E-state index contributed by atoms with van der Waals surface area (Å²) in [6.07, 6.45) is 5.35. The zero-order valence-corrected chi connectivity index (χ0v) is 15.4. The molecule has 0 amide bonds.